The molecule has 0 saturated heterocycles. The molecule has 1 amide bonds. The molecular weight excluding hydrogens is 354 g/mol. The standard InChI is InChI=1S/C21H27N5O2/c1-24(2)13-16-7-5-8-19-23-18-9-11-25(14-17(18)21(28)26(16)19)20(27)12-15-6-3-4-10-22-15/h3-4,6,10,16H,5,7-9,11-14H2,1-2H3. The molecule has 2 aliphatic heterocycles. The number of hydrogen-bond donors (Lipinski definition) is 0. The van der Waals surface area contributed by atoms with E-state index in [1.807, 2.05) is 36.9 Å². The van der Waals surface area contributed by atoms with E-state index in [1.54, 1.807) is 11.1 Å². The van der Waals surface area contributed by atoms with Crippen LogP contribution in [0.3, 0.4) is 0 Å². The van der Waals surface area contributed by atoms with Gasteiger partial charge in [-0.1, -0.05) is 6.07 Å². The zero-order chi connectivity index (χ0) is 19.7. The molecule has 7 nitrogen and oxygen atoms in total. The maximum absolute atomic E-state index is 13.3. The van der Waals surface area contributed by atoms with Gasteiger partial charge in [-0.25, -0.2) is 4.98 Å². The largest absolute Gasteiger partial charge is 0.337 e. The molecule has 2 aromatic heterocycles. The second kappa shape index (κ2) is 7.83. The molecule has 0 radical (unpaired) electrons. The Morgan fingerprint density at radius 1 is 1.29 bits per heavy atom. The predicted molar refractivity (Wildman–Crippen MR) is 106 cm³/mol. The van der Waals surface area contributed by atoms with Crippen molar-refractivity contribution in [1.29, 1.82) is 0 Å². The quantitative estimate of drug-likeness (QED) is 0.796. The molecule has 28 heavy (non-hydrogen) atoms. The predicted octanol–water partition coefficient (Wildman–Crippen LogP) is 1.20. The summed E-state index contributed by atoms with van der Waals surface area (Å²) in [5, 5.41) is 0. The van der Waals surface area contributed by atoms with Gasteiger partial charge in [-0.2, -0.15) is 0 Å². The van der Waals surface area contributed by atoms with Gasteiger partial charge in [0.05, 0.1) is 30.3 Å². The lowest BCUT2D eigenvalue weighted by molar-refractivity contribution is -0.131. The maximum Gasteiger partial charge on any atom is 0.259 e. The normalized spacial score (nSPS) is 18.7. The number of aromatic nitrogens is 3. The highest BCUT2D eigenvalue weighted by atomic mass is 16.2. The third kappa shape index (κ3) is 3.71. The molecule has 0 bridgehead atoms. The fourth-order valence-corrected chi connectivity index (χ4v) is 4.29. The summed E-state index contributed by atoms with van der Waals surface area (Å²) in [6.45, 7) is 1.78. The van der Waals surface area contributed by atoms with Gasteiger partial charge in [0.2, 0.25) is 5.91 Å². The first kappa shape index (κ1) is 18.8. The van der Waals surface area contributed by atoms with Gasteiger partial charge in [-0.05, 0) is 39.1 Å². The van der Waals surface area contributed by atoms with Gasteiger partial charge in [-0.15, -0.1) is 0 Å². The van der Waals surface area contributed by atoms with Crippen LogP contribution in [0.4, 0.5) is 0 Å². The van der Waals surface area contributed by atoms with Crippen molar-refractivity contribution in [3.63, 3.8) is 0 Å². The van der Waals surface area contributed by atoms with Crippen LogP contribution in [-0.4, -0.2) is 57.4 Å². The molecule has 1 atom stereocenters. The van der Waals surface area contributed by atoms with E-state index in [2.05, 4.69) is 9.88 Å². The summed E-state index contributed by atoms with van der Waals surface area (Å²) in [6, 6.07) is 5.73. The number of nitrogens with zero attached hydrogens (tertiary/aromatic N) is 5. The number of carbonyl (C=O) groups is 1. The third-order valence-corrected chi connectivity index (χ3v) is 5.62. The molecule has 0 aromatic carbocycles. The van der Waals surface area contributed by atoms with Crippen LogP contribution < -0.4 is 5.56 Å². The van der Waals surface area contributed by atoms with E-state index in [4.69, 9.17) is 4.98 Å². The summed E-state index contributed by atoms with van der Waals surface area (Å²) in [7, 11) is 4.06. The number of fused-ring (bicyclic) bond motifs is 2. The van der Waals surface area contributed by atoms with Crippen LogP contribution in [0.1, 0.15) is 41.7 Å². The van der Waals surface area contributed by atoms with Crippen molar-refractivity contribution in [1.82, 2.24) is 24.3 Å². The molecule has 1 unspecified atom stereocenters. The zero-order valence-electron chi connectivity index (χ0n) is 16.6. The number of aryl methyl sites for hydroxylation is 1. The Hall–Kier alpha value is -2.54. The number of amides is 1. The van der Waals surface area contributed by atoms with Crippen molar-refractivity contribution < 1.29 is 4.79 Å². The highest BCUT2D eigenvalue weighted by molar-refractivity contribution is 5.78. The molecule has 0 fully saturated rings. The van der Waals surface area contributed by atoms with Crippen molar-refractivity contribution in [2.75, 3.05) is 27.2 Å². The molecule has 0 spiro atoms. The van der Waals surface area contributed by atoms with E-state index in [0.717, 1.165) is 43.0 Å². The molecule has 2 aromatic rings. The Balaban J connectivity index is 1.60. The van der Waals surface area contributed by atoms with Gasteiger partial charge in [0.15, 0.2) is 0 Å². The fraction of sp³-hybridized carbons (Fsp3) is 0.524. The SMILES string of the molecule is CN(C)CC1CCCc2nc3c(c(=O)n21)CN(C(=O)Cc1ccccn1)CC3. The topological polar surface area (TPSA) is 71.3 Å². The van der Waals surface area contributed by atoms with Gasteiger partial charge in [0.1, 0.15) is 5.82 Å². The smallest absolute Gasteiger partial charge is 0.259 e. The second-order valence-electron chi connectivity index (χ2n) is 8.00. The Kier molecular flexibility index (Phi) is 5.26. The van der Waals surface area contributed by atoms with Crippen molar-refractivity contribution in [3.8, 4) is 0 Å². The maximum atomic E-state index is 13.3. The molecule has 148 valence electrons. The van der Waals surface area contributed by atoms with Gasteiger partial charge < -0.3 is 9.80 Å². The molecule has 7 heteroatoms. The van der Waals surface area contributed by atoms with E-state index in [-0.39, 0.29) is 23.9 Å². The first-order valence-electron chi connectivity index (χ1n) is 9.98. The van der Waals surface area contributed by atoms with Crippen molar-refractivity contribution in [2.45, 2.75) is 44.7 Å². The van der Waals surface area contributed by atoms with Gasteiger partial charge in [0, 0.05) is 37.8 Å². The molecule has 4 rings (SSSR count). The van der Waals surface area contributed by atoms with E-state index < -0.39 is 0 Å². The molecular formula is C21H27N5O2. The van der Waals surface area contributed by atoms with Crippen molar-refractivity contribution in [3.05, 3.63) is 57.5 Å². The van der Waals surface area contributed by atoms with E-state index in [1.165, 1.54) is 0 Å². The third-order valence-electron chi connectivity index (χ3n) is 5.62. The minimum absolute atomic E-state index is 0.0105. The zero-order valence-corrected chi connectivity index (χ0v) is 16.6. The Bertz CT molecular complexity index is 922. The summed E-state index contributed by atoms with van der Waals surface area (Å²) in [4.78, 5) is 39.0. The highest BCUT2D eigenvalue weighted by Crippen LogP contribution is 2.25. The van der Waals surface area contributed by atoms with Crippen LogP contribution >= 0.6 is 0 Å². The summed E-state index contributed by atoms with van der Waals surface area (Å²) < 4.78 is 1.90. The van der Waals surface area contributed by atoms with Crippen LogP contribution in [-0.2, 0) is 30.6 Å². The fourth-order valence-electron chi connectivity index (χ4n) is 4.29. The van der Waals surface area contributed by atoms with Gasteiger partial charge in [-0.3, -0.25) is 19.1 Å². The molecule has 2 aliphatic rings. The lowest BCUT2D eigenvalue weighted by atomic mass is 10.0. The number of carbonyl (C=O) groups excluding carboxylic acids is 1. The minimum atomic E-state index is 0.0105. The summed E-state index contributed by atoms with van der Waals surface area (Å²) >= 11 is 0. The number of hydrogen-bond acceptors (Lipinski definition) is 5. The Morgan fingerprint density at radius 3 is 2.89 bits per heavy atom. The van der Waals surface area contributed by atoms with E-state index >= 15 is 0 Å². The van der Waals surface area contributed by atoms with Gasteiger partial charge >= 0.3 is 0 Å². The molecule has 4 heterocycles. The monoisotopic (exact) mass is 381 g/mol. The first-order chi connectivity index (χ1) is 13.5. The number of likely N-dealkylation sites (N-methyl/N-ethyl adjacent to an activating group) is 1. The van der Waals surface area contributed by atoms with Crippen molar-refractivity contribution >= 4 is 5.91 Å². The van der Waals surface area contributed by atoms with Gasteiger partial charge in [0.25, 0.3) is 5.56 Å². The van der Waals surface area contributed by atoms with Crippen LogP contribution in [0.5, 0.6) is 0 Å². The Labute approximate surface area is 165 Å². The highest BCUT2D eigenvalue weighted by Gasteiger charge is 2.30. The lowest BCUT2D eigenvalue weighted by Crippen LogP contribution is -2.45. The average Bonchev–Trinajstić information content (AvgIpc) is 2.68. The number of pyridine rings is 1. The Morgan fingerprint density at radius 2 is 2.14 bits per heavy atom. The van der Waals surface area contributed by atoms with Crippen LogP contribution in [0.15, 0.2) is 29.2 Å². The molecule has 0 aliphatic carbocycles. The molecule has 0 N–H and O–H groups in total. The number of rotatable bonds is 4. The minimum Gasteiger partial charge on any atom is -0.337 e. The second-order valence-corrected chi connectivity index (χ2v) is 8.00. The van der Waals surface area contributed by atoms with E-state index in [9.17, 15) is 9.59 Å². The van der Waals surface area contributed by atoms with E-state index in [0.29, 0.717) is 25.1 Å². The van der Waals surface area contributed by atoms with Crippen LogP contribution in [0, 0.1) is 0 Å². The summed E-state index contributed by atoms with van der Waals surface area (Å²) in [6.07, 6.45) is 5.52. The first-order valence-corrected chi connectivity index (χ1v) is 9.98. The lowest BCUT2D eigenvalue weighted by Gasteiger charge is -2.33. The summed E-state index contributed by atoms with van der Waals surface area (Å²) in [5.74, 6) is 0.923. The van der Waals surface area contributed by atoms with Crippen LogP contribution in [0.2, 0.25) is 0 Å². The van der Waals surface area contributed by atoms with Crippen LogP contribution in [0.25, 0.3) is 0 Å². The molecule has 0 saturated carbocycles. The summed E-state index contributed by atoms with van der Waals surface area (Å²) in [5.41, 5.74) is 2.37. The van der Waals surface area contributed by atoms with Crippen molar-refractivity contribution in [2.24, 2.45) is 0 Å². The average molecular weight is 381 g/mol.